The minimum absolute atomic E-state index is 0.0274. The first-order chi connectivity index (χ1) is 11.7. The largest absolute Gasteiger partial charge is 0.480 e. The molecule has 0 spiro atoms. The highest BCUT2D eigenvalue weighted by Gasteiger charge is 2.31. The van der Waals surface area contributed by atoms with Gasteiger partial charge in [-0.1, -0.05) is 13.8 Å². The Morgan fingerprint density at radius 1 is 1.32 bits per heavy atom. The first-order valence-electron chi connectivity index (χ1n) is 7.31. The highest BCUT2D eigenvalue weighted by molar-refractivity contribution is 7.93. The lowest BCUT2D eigenvalue weighted by Gasteiger charge is -2.20. The zero-order valence-corrected chi connectivity index (χ0v) is 14.1. The molecular weight excluding hydrogens is 350 g/mol. The molecule has 0 saturated carbocycles. The number of carbonyl (C=O) groups is 2. The van der Waals surface area contributed by atoms with Gasteiger partial charge in [0, 0.05) is 5.56 Å². The number of carboxylic acid groups (broad SMARTS) is 1. The Balaban J connectivity index is 1.99. The second kappa shape index (κ2) is 5.84. The molecule has 3 N–H and O–H groups in total. The van der Waals surface area contributed by atoms with E-state index < -0.39 is 27.9 Å². The molecule has 0 unspecified atom stereocenters. The maximum Gasteiger partial charge on any atom is 0.326 e. The van der Waals surface area contributed by atoms with Crippen molar-refractivity contribution in [3.05, 3.63) is 30.1 Å². The van der Waals surface area contributed by atoms with E-state index in [2.05, 4.69) is 20.1 Å². The summed E-state index contributed by atoms with van der Waals surface area (Å²) in [6, 6.07) is 2.92. The fourth-order valence-corrected chi connectivity index (χ4v) is 3.65. The average Bonchev–Trinajstić information content (AvgIpc) is 2.98. The maximum atomic E-state index is 12.3. The van der Waals surface area contributed by atoms with E-state index >= 15 is 0 Å². The summed E-state index contributed by atoms with van der Waals surface area (Å²) in [5, 5.41) is 15.5. The van der Waals surface area contributed by atoms with Crippen LogP contribution in [0.1, 0.15) is 24.2 Å². The number of nitrogens with one attached hydrogen (secondary N) is 2. The average molecular weight is 365 g/mol. The van der Waals surface area contributed by atoms with Crippen molar-refractivity contribution < 1.29 is 23.1 Å². The molecule has 25 heavy (non-hydrogen) atoms. The van der Waals surface area contributed by atoms with Crippen LogP contribution < -0.4 is 10.0 Å². The summed E-state index contributed by atoms with van der Waals surface area (Å²) in [7, 11) is -3.91. The van der Waals surface area contributed by atoms with E-state index in [-0.39, 0.29) is 28.0 Å². The lowest BCUT2D eigenvalue weighted by Crippen LogP contribution is -2.44. The van der Waals surface area contributed by atoms with Gasteiger partial charge in [0.1, 0.15) is 17.3 Å². The first kappa shape index (κ1) is 16.9. The van der Waals surface area contributed by atoms with Crippen LogP contribution in [0.4, 0.5) is 5.95 Å². The summed E-state index contributed by atoms with van der Waals surface area (Å²) >= 11 is 0. The zero-order chi connectivity index (χ0) is 18.4. The molecule has 1 atom stereocenters. The standard InChI is InChI=1S/C14H15N5O5S/c1-7(2)11(13(21)22)17-12(20)8-3-4-9-10(5-8)25(23,24)18-14-15-6-16-19(9)14/h3-7,11H,1-2H3,(H,17,20)(H,21,22)(H,15,16,18)/t11-/m0/s1. The van der Waals surface area contributed by atoms with Gasteiger partial charge in [-0.15, -0.1) is 0 Å². The van der Waals surface area contributed by atoms with Gasteiger partial charge in [-0.2, -0.15) is 14.8 Å². The number of aliphatic carboxylic acids is 1. The van der Waals surface area contributed by atoms with E-state index in [9.17, 15) is 18.0 Å². The number of aromatic nitrogens is 3. The van der Waals surface area contributed by atoms with Crippen LogP contribution in [0, 0.1) is 5.92 Å². The topological polar surface area (TPSA) is 143 Å². The summed E-state index contributed by atoms with van der Waals surface area (Å²) in [5.41, 5.74) is 0.279. The van der Waals surface area contributed by atoms with Crippen LogP contribution in [0.3, 0.4) is 0 Å². The van der Waals surface area contributed by atoms with Gasteiger partial charge in [-0.3, -0.25) is 4.79 Å². The van der Waals surface area contributed by atoms with Gasteiger partial charge in [0.05, 0.1) is 5.69 Å². The predicted octanol–water partition coefficient (Wildman–Crippen LogP) is 0.220. The first-order valence-corrected chi connectivity index (χ1v) is 8.80. The molecule has 0 aliphatic carbocycles. The van der Waals surface area contributed by atoms with Gasteiger partial charge >= 0.3 is 5.97 Å². The summed E-state index contributed by atoms with van der Waals surface area (Å²) < 4.78 is 28.2. The smallest absolute Gasteiger partial charge is 0.326 e. The second-order valence-corrected chi connectivity index (χ2v) is 7.47. The molecule has 1 aliphatic heterocycles. The monoisotopic (exact) mass is 365 g/mol. The van der Waals surface area contributed by atoms with Gasteiger partial charge in [0.2, 0.25) is 5.95 Å². The Kier molecular flexibility index (Phi) is 3.95. The predicted molar refractivity (Wildman–Crippen MR) is 85.9 cm³/mol. The third-order valence-electron chi connectivity index (χ3n) is 3.73. The fourth-order valence-electron chi connectivity index (χ4n) is 2.45. The molecule has 2 heterocycles. The van der Waals surface area contributed by atoms with E-state index in [0.29, 0.717) is 0 Å². The molecule has 1 aromatic heterocycles. The molecule has 1 amide bonds. The van der Waals surface area contributed by atoms with Crippen molar-refractivity contribution in [3.8, 4) is 5.69 Å². The van der Waals surface area contributed by atoms with E-state index in [1.165, 1.54) is 29.2 Å². The van der Waals surface area contributed by atoms with E-state index in [4.69, 9.17) is 5.11 Å². The van der Waals surface area contributed by atoms with E-state index in [1.807, 2.05) is 0 Å². The molecule has 2 aromatic rings. The molecule has 132 valence electrons. The van der Waals surface area contributed by atoms with Gasteiger partial charge < -0.3 is 10.4 Å². The Morgan fingerprint density at radius 3 is 2.68 bits per heavy atom. The van der Waals surface area contributed by atoms with Crippen LogP contribution in [0.5, 0.6) is 0 Å². The van der Waals surface area contributed by atoms with Crippen molar-refractivity contribution in [3.63, 3.8) is 0 Å². The van der Waals surface area contributed by atoms with Crippen molar-refractivity contribution in [2.24, 2.45) is 5.92 Å². The molecule has 1 aliphatic rings. The van der Waals surface area contributed by atoms with Gasteiger partial charge in [0.25, 0.3) is 15.9 Å². The molecule has 0 radical (unpaired) electrons. The molecule has 0 fully saturated rings. The van der Waals surface area contributed by atoms with Gasteiger partial charge in [0.15, 0.2) is 0 Å². The SMILES string of the molecule is CC(C)[C@H](NC(=O)c1ccc2c(c1)S(=O)(=O)Nc1ncnn1-2)C(=O)O. The second-order valence-electron chi connectivity index (χ2n) is 5.82. The summed E-state index contributed by atoms with van der Waals surface area (Å²) in [6.07, 6.45) is 1.20. The zero-order valence-electron chi connectivity index (χ0n) is 13.3. The lowest BCUT2D eigenvalue weighted by molar-refractivity contribution is -0.140. The van der Waals surface area contributed by atoms with E-state index in [0.717, 1.165) is 0 Å². The Bertz CT molecular complexity index is 966. The van der Waals surface area contributed by atoms with Gasteiger partial charge in [-0.25, -0.2) is 17.9 Å². The molecule has 1 aromatic carbocycles. The minimum Gasteiger partial charge on any atom is -0.480 e. The number of benzene rings is 1. The Morgan fingerprint density at radius 2 is 2.04 bits per heavy atom. The number of carbonyl (C=O) groups excluding carboxylic acids is 1. The Labute approximate surface area is 142 Å². The van der Waals surface area contributed by atoms with Crippen LogP contribution in [0.2, 0.25) is 0 Å². The highest BCUT2D eigenvalue weighted by atomic mass is 32.2. The number of fused-ring (bicyclic) bond motifs is 3. The highest BCUT2D eigenvalue weighted by Crippen LogP contribution is 2.29. The fraction of sp³-hybridized carbons (Fsp3) is 0.286. The third-order valence-corrected chi connectivity index (χ3v) is 5.09. The number of nitrogens with zero attached hydrogens (tertiary/aromatic N) is 3. The van der Waals surface area contributed by atoms with Crippen LogP contribution in [-0.2, 0) is 14.8 Å². The molecule has 0 saturated heterocycles. The number of rotatable bonds is 4. The third kappa shape index (κ3) is 2.93. The number of hydrogen-bond acceptors (Lipinski definition) is 6. The summed E-state index contributed by atoms with van der Waals surface area (Å²) in [5.74, 6) is -2.12. The molecule has 0 bridgehead atoms. The van der Waals surface area contributed by atoms with Crippen molar-refractivity contribution in [2.45, 2.75) is 24.8 Å². The summed E-state index contributed by atoms with van der Waals surface area (Å²) in [6.45, 7) is 3.32. The van der Waals surface area contributed by atoms with Crippen LogP contribution in [0.25, 0.3) is 5.69 Å². The van der Waals surface area contributed by atoms with Crippen LogP contribution in [0.15, 0.2) is 29.4 Å². The number of amides is 1. The molecule has 11 heteroatoms. The molecular formula is C14H15N5O5S. The van der Waals surface area contributed by atoms with Crippen molar-refractivity contribution in [1.29, 1.82) is 0 Å². The molecule has 3 rings (SSSR count). The number of anilines is 1. The Hall–Kier alpha value is -2.95. The lowest BCUT2D eigenvalue weighted by atomic mass is 10.0. The minimum atomic E-state index is -3.91. The normalized spacial score (nSPS) is 15.6. The molecule has 10 nitrogen and oxygen atoms in total. The number of sulfonamides is 1. The van der Waals surface area contributed by atoms with Crippen LogP contribution >= 0.6 is 0 Å². The summed E-state index contributed by atoms with van der Waals surface area (Å²) in [4.78, 5) is 27.2. The quantitative estimate of drug-likeness (QED) is 0.703. The van der Waals surface area contributed by atoms with Crippen LogP contribution in [-0.4, -0.2) is 46.2 Å². The number of carboxylic acids is 1. The van der Waals surface area contributed by atoms with Gasteiger partial charge in [-0.05, 0) is 24.1 Å². The van der Waals surface area contributed by atoms with E-state index in [1.54, 1.807) is 13.8 Å². The van der Waals surface area contributed by atoms with Crippen molar-refractivity contribution >= 4 is 27.8 Å². The maximum absolute atomic E-state index is 12.3. The van der Waals surface area contributed by atoms with Crippen molar-refractivity contribution in [2.75, 3.05) is 4.72 Å². The van der Waals surface area contributed by atoms with Crippen molar-refractivity contribution in [1.82, 2.24) is 20.1 Å². The number of hydrogen-bond donors (Lipinski definition) is 3.